The molecule has 0 aliphatic heterocycles. The Kier molecular flexibility index (Phi) is 4.24. The molecule has 0 aromatic heterocycles. The predicted octanol–water partition coefficient (Wildman–Crippen LogP) is 5.20. The molecular formula is C14H14I2. The molecule has 0 fully saturated rings. The summed E-state index contributed by atoms with van der Waals surface area (Å²) >= 11 is 1.47. The normalized spacial score (nSPS) is 11.3. The van der Waals surface area contributed by atoms with E-state index in [2.05, 4.69) is 81.0 Å². The van der Waals surface area contributed by atoms with Gasteiger partial charge in [-0.3, -0.25) is 0 Å². The molecule has 0 bridgehead atoms. The molecular weight excluding hydrogens is 422 g/mol. The average molecular weight is 436 g/mol. The second-order valence-corrected chi connectivity index (χ2v) is 13.0. The van der Waals surface area contributed by atoms with Crippen LogP contribution < -0.4 is 0 Å². The maximum absolute atomic E-state index is 2.67. The molecule has 2 rings (SSSR count). The third-order valence-corrected chi connectivity index (χ3v) is 12.5. The summed E-state index contributed by atoms with van der Waals surface area (Å²) in [6.07, 6.45) is 0. The molecule has 0 radical (unpaired) electrons. The summed E-state index contributed by atoms with van der Waals surface area (Å²) in [5.74, 6) is 0. The van der Waals surface area contributed by atoms with Gasteiger partial charge >= 0.3 is 115 Å². The monoisotopic (exact) mass is 436 g/mol. The van der Waals surface area contributed by atoms with E-state index in [0.29, 0.717) is 0 Å². The summed E-state index contributed by atoms with van der Waals surface area (Å²) < 4.78 is 3.11. The van der Waals surface area contributed by atoms with Crippen LogP contribution in [0.15, 0.2) is 48.5 Å². The fourth-order valence-electron chi connectivity index (χ4n) is 1.52. The Labute approximate surface area is 114 Å². The Morgan fingerprint density at radius 2 is 1.62 bits per heavy atom. The van der Waals surface area contributed by atoms with Crippen molar-refractivity contribution < 1.29 is 0 Å². The third-order valence-electron chi connectivity index (χ3n) is 2.43. The number of aryl methyl sites for hydroxylation is 2. The summed E-state index contributed by atoms with van der Waals surface area (Å²) in [5, 5.41) is 0. The van der Waals surface area contributed by atoms with Crippen LogP contribution in [-0.4, -0.2) is 0 Å². The van der Waals surface area contributed by atoms with Crippen LogP contribution in [0, 0.1) is 21.0 Å². The molecule has 0 aliphatic rings. The fraction of sp³-hybridized carbons (Fsp3) is 0.143. The SMILES string of the molecule is Cc1ccc(C)c(I(I)c2ccccc2)c1. The van der Waals surface area contributed by atoms with Crippen LogP contribution in [0.1, 0.15) is 11.1 Å². The molecule has 84 valence electrons. The molecule has 0 nitrogen and oxygen atoms in total. The van der Waals surface area contributed by atoms with E-state index in [9.17, 15) is 0 Å². The summed E-state index contributed by atoms with van der Waals surface area (Å²) in [6.45, 7) is 4.40. The van der Waals surface area contributed by atoms with E-state index in [1.807, 2.05) is 0 Å². The molecule has 0 saturated carbocycles. The minimum absolute atomic E-state index is 1.20. The van der Waals surface area contributed by atoms with Gasteiger partial charge in [0.25, 0.3) is 0 Å². The first kappa shape index (κ1) is 12.4. The summed E-state index contributed by atoms with van der Waals surface area (Å²) in [4.78, 5) is 0. The molecule has 0 aliphatic carbocycles. The molecule has 2 aromatic carbocycles. The number of hydrogen-bond donors (Lipinski definition) is 0. The molecule has 16 heavy (non-hydrogen) atoms. The van der Waals surface area contributed by atoms with Crippen molar-refractivity contribution in [1.82, 2.24) is 0 Å². The van der Waals surface area contributed by atoms with Crippen LogP contribution in [-0.2, 0) is 0 Å². The molecule has 0 heterocycles. The molecule has 2 aromatic rings. The van der Waals surface area contributed by atoms with Crippen molar-refractivity contribution in [1.29, 1.82) is 0 Å². The van der Waals surface area contributed by atoms with E-state index < -0.39 is 15.8 Å². The summed E-state index contributed by atoms with van der Waals surface area (Å²) in [5.41, 5.74) is 2.81. The van der Waals surface area contributed by atoms with Gasteiger partial charge in [0.05, 0.1) is 0 Å². The van der Waals surface area contributed by atoms with Crippen molar-refractivity contribution in [3.05, 3.63) is 66.8 Å². The summed E-state index contributed by atoms with van der Waals surface area (Å²) in [7, 11) is 0. The molecule has 0 N–H and O–H groups in total. The predicted molar refractivity (Wildman–Crippen MR) is 87.8 cm³/mol. The topological polar surface area (TPSA) is 0 Å². The van der Waals surface area contributed by atoms with Crippen LogP contribution >= 0.6 is 34.5 Å². The van der Waals surface area contributed by atoms with Gasteiger partial charge in [0.2, 0.25) is 0 Å². The van der Waals surface area contributed by atoms with Crippen molar-refractivity contribution in [3.63, 3.8) is 0 Å². The molecule has 0 unspecified atom stereocenters. The fourth-order valence-corrected chi connectivity index (χ4v) is 9.70. The second-order valence-electron chi connectivity index (χ2n) is 3.79. The summed E-state index contributed by atoms with van der Waals surface area (Å²) in [6, 6.07) is 17.7. The van der Waals surface area contributed by atoms with Crippen molar-refractivity contribution >= 4 is 34.5 Å². The minimum atomic E-state index is -1.20. The Morgan fingerprint density at radius 3 is 2.31 bits per heavy atom. The number of hydrogen-bond acceptors (Lipinski definition) is 0. The van der Waals surface area contributed by atoms with E-state index in [1.165, 1.54) is 14.7 Å². The molecule has 0 atom stereocenters. The molecule has 0 amide bonds. The first-order valence-corrected chi connectivity index (χ1v) is 13.6. The molecule has 0 spiro atoms. The quantitative estimate of drug-likeness (QED) is 0.569. The van der Waals surface area contributed by atoms with E-state index in [4.69, 9.17) is 0 Å². The maximum atomic E-state index is 2.67. The Morgan fingerprint density at radius 1 is 0.938 bits per heavy atom. The van der Waals surface area contributed by atoms with Gasteiger partial charge in [-0.2, -0.15) is 0 Å². The number of halogens is 2. The van der Waals surface area contributed by atoms with Crippen molar-refractivity contribution in [2.45, 2.75) is 13.8 Å². The van der Waals surface area contributed by atoms with Gasteiger partial charge in [0.1, 0.15) is 0 Å². The van der Waals surface area contributed by atoms with Gasteiger partial charge in [-0.05, 0) is 0 Å². The van der Waals surface area contributed by atoms with Gasteiger partial charge in [0.15, 0.2) is 0 Å². The Hall–Kier alpha value is -0.100. The van der Waals surface area contributed by atoms with Crippen LogP contribution in [0.25, 0.3) is 0 Å². The van der Waals surface area contributed by atoms with Crippen molar-refractivity contribution in [2.24, 2.45) is 0 Å². The van der Waals surface area contributed by atoms with Crippen LogP contribution in [0.5, 0.6) is 0 Å². The molecule has 2 heteroatoms. The van der Waals surface area contributed by atoms with E-state index in [0.717, 1.165) is 0 Å². The zero-order valence-corrected chi connectivity index (χ0v) is 13.7. The Balaban J connectivity index is 2.41. The first-order chi connectivity index (χ1) is 7.68. The van der Waals surface area contributed by atoms with Crippen LogP contribution in [0.2, 0.25) is 0 Å². The second kappa shape index (κ2) is 5.49. The third kappa shape index (κ3) is 2.77. The molecule has 0 saturated heterocycles. The van der Waals surface area contributed by atoms with E-state index in [-0.39, 0.29) is 0 Å². The van der Waals surface area contributed by atoms with Crippen LogP contribution in [0.4, 0.5) is 0 Å². The van der Waals surface area contributed by atoms with E-state index >= 15 is 0 Å². The standard InChI is InChI=1S/C14H14I2/c1-11-8-9-12(2)14(10-11)16(15)13-6-4-3-5-7-13/h3-10H,1-2H3. The van der Waals surface area contributed by atoms with Crippen LogP contribution in [0.3, 0.4) is 0 Å². The first-order valence-electron chi connectivity index (χ1n) is 5.17. The van der Waals surface area contributed by atoms with Gasteiger partial charge in [-0.1, -0.05) is 0 Å². The Bertz CT molecular complexity index is 477. The van der Waals surface area contributed by atoms with Crippen molar-refractivity contribution in [2.75, 3.05) is 0 Å². The van der Waals surface area contributed by atoms with Crippen molar-refractivity contribution in [3.8, 4) is 0 Å². The van der Waals surface area contributed by atoms with Gasteiger partial charge in [-0.25, -0.2) is 0 Å². The number of benzene rings is 2. The van der Waals surface area contributed by atoms with Gasteiger partial charge in [0, 0.05) is 0 Å². The van der Waals surface area contributed by atoms with E-state index in [1.54, 1.807) is 3.57 Å². The average Bonchev–Trinajstić information content (AvgIpc) is 2.32. The number of rotatable bonds is 2. The zero-order valence-electron chi connectivity index (χ0n) is 9.37. The zero-order chi connectivity index (χ0) is 11.5. The van der Waals surface area contributed by atoms with Gasteiger partial charge in [-0.15, -0.1) is 0 Å². The van der Waals surface area contributed by atoms with Gasteiger partial charge < -0.3 is 0 Å².